The minimum absolute atomic E-state index is 0.0281. The van der Waals surface area contributed by atoms with Crippen LogP contribution in [0.5, 0.6) is 0 Å². The molecular weight excluding hydrogens is 641 g/mol. The Bertz CT molecular complexity index is 1840. The van der Waals surface area contributed by atoms with Gasteiger partial charge in [-0.3, -0.25) is 9.98 Å². The topological polar surface area (TPSA) is 206 Å². The van der Waals surface area contributed by atoms with Gasteiger partial charge in [0, 0.05) is 22.3 Å². The van der Waals surface area contributed by atoms with Gasteiger partial charge in [-0.2, -0.15) is 13.2 Å². The number of aliphatic imine (C=N–C) groups is 4. The van der Waals surface area contributed by atoms with Gasteiger partial charge in [-0.05, 0) is 90.7 Å². The summed E-state index contributed by atoms with van der Waals surface area (Å²) >= 11 is 0. The van der Waals surface area contributed by atoms with E-state index in [1.165, 1.54) is 0 Å². The number of halogens is 3. The number of nitrogens with two attached hydrogens (primary N) is 6. The number of guanidine groups is 2. The fourth-order valence-corrected chi connectivity index (χ4v) is 4.16. The lowest BCUT2D eigenvalue weighted by Crippen LogP contribution is -2.22. The highest BCUT2D eigenvalue weighted by molar-refractivity contribution is 5.79. The molecule has 12 N–H and O–H groups in total. The highest BCUT2D eigenvalue weighted by Gasteiger charge is 2.31. The Morgan fingerprint density at radius 3 is 1.06 bits per heavy atom. The van der Waals surface area contributed by atoms with Crippen molar-refractivity contribution < 1.29 is 13.2 Å². The van der Waals surface area contributed by atoms with E-state index < -0.39 is 11.7 Å². The molecule has 0 aliphatic carbocycles. The SMILES string of the molecule is CC(N)=NCC#Cc1cc(C#CCN=C(N)N)cc(-c2cc(-c3cc(C#CCN=C(C)N)cc(C#CCN=C(N)N)c3)cc(C(F)(F)F)c2)c1. The van der Waals surface area contributed by atoms with E-state index >= 15 is 0 Å². The monoisotopic (exact) mass is 676 g/mol. The summed E-state index contributed by atoms with van der Waals surface area (Å²) in [4.78, 5) is 15.8. The lowest BCUT2D eigenvalue weighted by atomic mass is 9.92. The van der Waals surface area contributed by atoms with Crippen molar-refractivity contribution in [3.8, 4) is 69.6 Å². The Balaban J connectivity index is 2.26. The molecule has 50 heavy (non-hydrogen) atoms. The van der Waals surface area contributed by atoms with Gasteiger partial charge in [0.2, 0.25) is 0 Å². The standard InChI is InChI=1S/C37H35F3N10/c1-24(41)47-11-3-7-26-15-28(9-5-13-49-35(43)44)19-30(17-26)32-21-33(23-34(22-32)37(38,39)40)31-18-27(8-4-12-48-25(2)42)16-29(20-31)10-6-14-50-36(45)46/h15-23H,11-14H2,1-2H3,(H2,41,47)(H2,42,48)(H4,43,44,49)(H4,45,46,50). The molecule has 0 fully saturated rings. The average molecular weight is 677 g/mol. The van der Waals surface area contributed by atoms with E-state index in [1.807, 2.05) is 0 Å². The molecule has 0 saturated heterocycles. The second-order valence-electron chi connectivity index (χ2n) is 10.5. The smallest absolute Gasteiger partial charge is 0.388 e. The molecule has 0 spiro atoms. The van der Waals surface area contributed by atoms with Crippen LogP contribution in [0.15, 0.2) is 74.6 Å². The fraction of sp³-hybridized carbons (Fsp3) is 0.189. The first kappa shape index (κ1) is 37.6. The van der Waals surface area contributed by atoms with Gasteiger partial charge in [0.15, 0.2) is 11.9 Å². The van der Waals surface area contributed by atoms with Crippen molar-refractivity contribution in [2.24, 2.45) is 54.4 Å². The summed E-state index contributed by atoms with van der Waals surface area (Å²) in [5.74, 6) is 23.8. The maximum atomic E-state index is 14.4. The molecule has 0 saturated carbocycles. The number of amidine groups is 2. The molecule has 0 aliphatic rings. The first-order valence-corrected chi connectivity index (χ1v) is 14.8. The molecule has 0 aromatic heterocycles. The number of hydrogen-bond donors (Lipinski definition) is 6. The molecule has 0 atom stereocenters. The molecule has 3 aromatic rings. The van der Waals surface area contributed by atoms with Gasteiger partial charge in [0.25, 0.3) is 0 Å². The Morgan fingerprint density at radius 2 is 0.780 bits per heavy atom. The zero-order chi connectivity index (χ0) is 36.7. The number of hydrogen-bond acceptors (Lipinski definition) is 4. The summed E-state index contributed by atoms with van der Waals surface area (Å²) in [6, 6.07) is 13.9. The maximum absolute atomic E-state index is 14.4. The minimum atomic E-state index is -4.67. The zero-order valence-electron chi connectivity index (χ0n) is 27.4. The van der Waals surface area contributed by atoms with Gasteiger partial charge in [-0.15, -0.1) is 0 Å². The van der Waals surface area contributed by atoms with Gasteiger partial charge < -0.3 is 34.4 Å². The molecule has 0 unspecified atom stereocenters. The molecule has 0 amide bonds. The highest BCUT2D eigenvalue weighted by atomic mass is 19.4. The molecule has 0 radical (unpaired) electrons. The van der Waals surface area contributed by atoms with Crippen LogP contribution in [0.2, 0.25) is 0 Å². The van der Waals surface area contributed by atoms with E-state index in [0.717, 1.165) is 12.1 Å². The fourth-order valence-electron chi connectivity index (χ4n) is 4.16. The zero-order valence-corrected chi connectivity index (χ0v) is 27.4. The Labute approximate surface area is 289 Å². The van der Waals surface area contributed by atoms with Crippen molar-refractivity contribution >= 4 is 23.6 Å². The van der Waals surface area contributed by atoms with Crippen molar-refractivity contribution in [3.05, 3.63) is 82.4 Å². The third-order valence-corrected chi connectivity index (χ3v) is 6.22. The summed E-state index contributed by atoms with van der Waals surface area (Å²) in [6.45, 7) is 3.61. The van der Waals surface area contributed by atoms with Crippen LogP contribution in [0.1, 0.15) is 41.7 Å². The molecule has 254 valence electrons. The quantitative estimate of drug-likeness (QED) is 0.131. The van der Waals surface area contributed by atoms with E-state index in [9.17, 15) is 13.2 Å². The third-order valence-electron chi connectivity index (χ3n) is 6.22. The molecular formula is C37H35F3N10. The molecule has 0 heterocycles. The first-order valence-electron chi connectivity index (χ1n) is 14.8. The summed E-state index contributed by atoms with van der Waals surface area (Å²) in [5.41, 5.74) is 35.3. The lowest BCUT2D eigenvalue weighted by Gasteiger charge is -2.14. The second-order valence-corrected chi connectivity index (χ2v) is 10.5. The van der Waals surface area contributed by atoms with Crippen LogP contribution in [-0.4, -0.2) is 49.8 Å². The normalized spacial score (nSPS) is 10.9. The minimum Gasteiger partial charge on any atom is -0.388 e. The van der Waals surface area contributed by atoms with Gasteiger partial charge >= 0.3 is 6.18 Å². The molecule has 10 nitrogen and oxygen atoms in total. The molecule has 13 heteroatoms. The van der Waals surface area contributed by atoms with Crippen molar-refractivity contribution in [1.29, 1.82) is 0 Å². The van der Waals surface area contributed by atoms with E-state index in [4.69, 9.17) is 34.4 Å². The summed E-state index contributed by atoms with van der Waals surface area (Å²) < 4.78 is 43.1. The van der Waals surface area contributed by atoms with E-state index in [2.05, 4.69) is 67.3 Å². The number of nitrogens with zero attached hydrogens (tertiary/aromatic N) is 4. The van der Waals surface area contributed by atoms with E-state index in [1.54, 1.807) is 56.3 Å². The van der Waals surface area contributed by atoms with Gasteiger partial charge in [0.05, 0.1) is 17.2 Å². The summed E-state index contributed by atoms with van der Waals surface area (Å²) in [5, 5.41) is 0. The van der Waals surface area contributed by atoms with Crippen LogP contribution < -0.4 is 34.4 Å². The van der Waals surface area contributed by atoms with Crippen molar-refractivity contribution in [2.45, 2.75) is 20.0 Å². The van der Waals surface area contributed by atoms with Crippen molar-refractivity contribution in [1.82, 2.24) is 0 Å². The Hall–Kier alpha value is -6.83. The number of alkyl halides is 3. The van der Waals surface area contributed by atoms with Crippen LogP contribution in [0, 0.1) is 47.4 Å². The van der Waals surface area contributed by atoms with Crippen molar-refractivity contribution in [3.63, 3.8) is 0 Å². The van der Waals surface area contributed by atoms with E-state index in [0.29, 0.717) is 45.1 Å². The number of benzene rings is 3. The van der Waals surface area contributed by atoms with Gasteiger partial charge in [0.1, 0.15) is 26.2 Å². The molecule has 0 aliphatic heterocycles. The maximum Gasteiger partial charge on any atom is 0.416 e. The van der Waals surface area contributed by atoms with Gasteiger partial charge in [-0.1, -0.05) is 47.4 Å². The average Bonchev–Trinajstić information content (AvgIpc) is 3.04. The predicted octanol–water partition coefficient (Wildman–Crippen LogP) is 2.75. The van der Waals surface area contributed by atoms with Crippen LogP contribution in [0.25, 0.3) is 22.3 Å². The molecule has 3 aromatic carbocycles. The van der Waals surface area contributed by atoms with Gasteiger partial charge in [-0.25, -0.2) is 9.98 Å². The van der Waals surface area contributed by atoms with Crippen LogP contribution in [0.3, 0.4) is 0 Å². The second kappa shape index (κ2) is 17.9. The Morgan fingerprint density at radius 1 is 0.480 bits per heavy atom. The van der Waals surface area contributed by atoms with E-state index in [-0.39, 0.29) is 49.2 Å². The summed E-state index contributed by atoms with van der Waals surface area (Å²) in [7, 11) is 0. The summed E-state index contributed by atoms with van der Waals surface area (Å²) in [6.07, 6.45) is -4.67. The lowest BCUT2D eigenvalue weighted by molar-refractivity contribution is -0.137. The molecule has 0 bridgehead atoms. The highest BCUT2D eigenvalue weighted by Crippen LogP contribution is 2.37. The first-order chi connectivity index (χ1) is 23.7. The Kier molecular flexibility index (Phi) is 13.5. The van der Waals surface area contributed by atoms with Crippen LogP contribution in [-0.2, 0) is 6.18 Å². The number of rotatable bonds is 6. The van der Waals surface area contributed by atoms with Crippen molar-refractivity contribution in [2.75, 3.05) is 26.2 Å². The van der Waals surface area contributed by atoms with Crippen LogP contribution in [0.4, 0.5) is 13.2 Å². The third kappa shape index (κ3) is 13.1. The largest absolute Gasteiger partial charge is 0.416 e. The van der Waals surface area contributed by atoms with Crippen LogP contribution >= 0.6 is 0 Å². The predicted molar refractivity (Wildman–Crippen MR) is 196 cm³/mol. The molecule has 3 rings (SSSR count).